The van der Waals surface area contributed by atoms with Crippen molar-refractivity contribution in [2.45, 2.75) is 71.8 Å². The molecule has 0 aliphatic heterocycles. The first kappa shape index (κ1) is 18.2. The van der Waals surface area contributed by atoms with Gasteiger partial charge in [-0.2, -0.15) is 0 Å². The maximum atomic E-state index is 12.4. The van der Waals surface area contributed by atoms with Gasteiger partial charge < -0.3 is 10.2 Å². The zero-order chi connectivity index (χ0) is 18.9. The van der Waals surface area contributed by atoms with E-state index in [-0.39, 0.29) is 28.6 Å². The third kappa shape index (κ3) is 2.37. The Hall–Kier alpha value is -1.16. The van der Waals surface area contributed by atoms with Gasteiger partial charge in [-0.25, -0.2) is 0 Å². The number of aliphatic hydroxyl groups excluding tert-OH is 1. The number of ketones is 1. The number of carboxylic acids is 1. The molecule has 0 saturated heterocycles. The van der Waals surface area contributed by atoms with Crippen molar-refractivity contribution in [3.8, 4) is 0 Å². The van der Waals surface area contributed by atoms with E-state index in [0.717, 1.165) is 38.5 Å². The fourth-order valence-electron chi connectivity index (χ4n) is 7.68. The molecule has 3 fully saturated rings. The molecular formula is C22H32O4. The Bertz CT molecular complexity index is 667. The van der Waals surface area contributed by atoms with Gasteiger partial charge in [-0.05, 0) is 80.5 Å². The molecule has 144 valence electrons. The van der Waals surface area contributed by atoms with Crippen LogP contribution in [0.3, 0.4) is 0 Å². The molecule has 0 bridgehead atoms. The summed E-state index contributed by atoms with van der Waals surface area (Å²) in [7, 11) is 0. The molecule has 4 heteroatoms. The molecule has 4 aliphatic carbocycles. The molecule has 0 aromatic heterocycles. The summed E-state index contributed by atoms with van der Waals surface area (Å²) in [6.07, 6.45) is 8.52. The molecule has 3 saturated carbocycles. The summed E-state index contributed by atoms with van der Waals surface area (Å²) in [5.74, 6) is -0.240. The molecular weight excluding hydrogens is 328 g/mol. The molecule has 26 heavy (non-hydrogen) atoms. The van der Waals surface area contributed by atoms with E-state index in [2.05, 4.69) is 19.9 Å². The quantitative estimate of drug-likeness (QED) is 0.734. The first-order valence-electron chi connectivity index (χ1n) is 10.3. The molecule has 4 nitrogen and oxygen atoms in total. The van der Waals surface area contributed by atoms with Gasteiger partial charge in [0.05, 0.1) is 12.0 Å². The number of allylic oxidation sites excluding steroid dienone is 1. The van der Waals surface area contributed by atoms with Crippen molar-refractivity contribution in [3.05, 3.63) is 11.6 Å². The molecule has 0 spiro atoms. The molecule has 0 amide bonds. The number of hydrogen-bond donors (Lipinski definition) is 2. The van der Waals surface area contributed by atoms with Crippen molar-refractivity contribution < 1.29 is 19.8 Å². The van der Waals surface area contributed by atoms with Crippen LogP contribution in [0.5, 0.6) is 0 Å². The smallest absolute Gasteiger partial charge is 0.307 e. The first-order valence-corrected chi connectivity index (χ1v) is 10.3. The van der Waals surface area contributed by atoms with Gasteiger partial charge in [0.25, 0.3) is 0 Å². The van der Waals surface area contributed by atoms with E-state index in [1.165, 1.54) is 5.57 Å². The highest BCUT2D eigenvalue weighted by Crippen LogP contribution is 2.67. The van der Waals surface area contributed by atoms with E-state index in [0.29, 0.717) is 24.2 Å². The second kappa shape index (κ2) is 5.92. The van der Waals surface area contributed by atoms with Gasteiger partial charge in [-0.3, -0.25) is 9.59 Å². The molecule has 0 unspecified atom stereocenters. The predicted octanol–water partition coefficient (Wildman–Crippen LogP) is 3.83. The summed E-state index contributed by atoms with van der Waals surface area (Å²) in [6.45, 7) is 6.15. The Labute approximate surface area is 156 Å². The molecule has 4 aliphatic rings. The van der Waals surface area contributed by atoms with Crippen LogP contribution in [-0.4, -0.2) is 28.1 Å². The minimum absolute atomic E-state index is 0.0555. The Morgan fingerprint density at radius 1 is 1.15 bits per heavy atom. The molecule has 8 atom stereocenters. The molecule has 4 rings (SSSR count). The number of rotatable bonds is 2. The lowest BCUT2D eigenvalue weighted by atomic mass is 9.47. The maximum Gasteiger partial charge on any atom is 0.307 e. The minimum atomic E-state index is -0.795. The van der Waals surface area contributed by atoms with Gasteiger partial charge in [-0.1, -0.05) is 25.5 Å². The van der Waals surface area contributed by atoms with Crippen LogP contribution in [0.25, 0.3) is 0 Å². The van der Waals surface area contributed by atoms with E-state index in [1.54, 1.807) is 6.92 Å². The van der Waals surface area contributed by atoms with Crippen LogP contribution in [0.15, 0.2) is 11.6 Å². The van der Waals surface area contributed by atoms with Crippen molar-refractivity contribution in [2.24, 2.45) is 40.4 Å². The van der Waals surface area contributed by atoms with Crippen molar-refractivity contribution in [1.29, 1.82) is 0 Å². The van der Waals surface area contributed by atoms with Crippen LogP contribution in [0.4, 0.5) is 0 Å². The Morgan fingerprint density at radius 2 is 1.88 bits per heavy atom. The summed E-state index contributed by atoms with van der Waals surface area (Å²) in [5, 5.41) is 19.9. The molecule has 2 N–H and O–H groups in total. The molecule has 0 radical (unpaired) electrons. The van der Waals surface area contributed by atoms with Crippen LogP contribution in [0.1, 0.15) is 65.7 Å². The minimum Gasteiger partial charge on any atom is -0.481 e. The zero-order valence-corrected chi connectivity index (χ0v) is 16.2. The fourth-order valence-corrected chi connectivity index (χ4v) is 7.68. The number of aliphatic carboxylic acids is 1. The van der Waals surface area contributed by atoms with Gasteiger partial charge in [-0.15, -0.1) is 0 Å². The molecule has 0 heterocycles. The monoisotopic (exact) mass is 360 g/mol. The molecule has 0 aromatic rings. The Kier molecular flexibility index (Phi) is 4.15. The van der Waals surface area contributed by atoms with Crippen molar-refractivity contribution in [3.63, 3.8) is 0 Å². The number of Topliss-reactive ketones (excluding diaryl/α,β-unsaturated/α-hetero) is 1. The van der Waals surface area contributed by atoms with Crippen LogP contribution < -0.4 is 0 Å². The number of carbonyl (C=O) groups is 2. The third-order valence-electron chi connectivity index (χ3n) is 8.89. The van der Waals surface area contributed by atoms with Crippen LogP contribution in [0, 0.1) is 40.4 Å². The largest absolute Gasteiger partial charge is 0.481 e. The maximum absolute atomic E-state index is 12.4. The lowest BCUT2D eigenvalue weighted by Crippen LogP contribution is -2.51. The van der Waals surface area contributed by atoms with Gasteiger partial charge in [0, 0.05) is 5.92 Å². The second-order valence-electron chi connectivity index (χ2n) is 9.97. The van der Waals surface area contributed by atoms with E-state index < -0.39 is 11.9 Å². The number of aliphatic hydroxyl groups is 1. The first-order chi connectivity index (χ1) is 12.2. The average Bonchev–Trinajstić information content (AvgIpc) is 2.89. The van der Waals surface area contributed by atoms with E-state index in [4.69, 9.17) is 0 Å². The van der Waals surface area contributed by atoms with Gasteiger partial charge in [0.2, 0.25) is 0 Å². The highest BCUT2D eigenvalue weighted by Gasteiger charge is 2.63. The number of carboxylic acid groups (broad SMARTS) is 1. The number of carbonyl (C=O) groups excluding carboxylic acids is 1. The number of fused-ring (bicyclic) bond motifs is 5. The summed E-state index contributed by atoms with van der Waals surface area (Å²) >= 11 is 0. The topological polar surface area (TPSA) is 74.6 Å². The van der Waals surface area contributed by atoms with Gasteiger partial charge in [0.1, 0.15) is 5.78 Å². The second-order valence-corrected chi connectivity index (χ2v) is 9.97. The van der Waals surface area contributed by atoms with Crippen LogP contribution in [0.2, 0.25) is 0 Å². The Balaban J connectivity index is 1.70. The van der Waals surface area contributed by atoms with Crippen molar-refractivity contribution in [2.75, 3.05) is 0 Å². The summed E-state index contributed by atoms with van der Waals surface area (Å²) < 4.78 is 0. The highest BCUT2D eigenvalue weighted by molar-refractivity contribution is 5.86. The fraction of sp³-hybridized carbons (Fsp3) is 0.818. The molecule has 0 aromatic carbocycles. The summed E-state index contributed by atoms with van der Waals surface area (Å²) in [4.78, 5) is 24.3. The average molecular weight is 360 g/mol. The highest BCUT2D eigenvalue weighted by atomic mass is 16.4. The lowest BCUT2D eigenvalue weighted by Gasteiger charge is -2.57. The lowest BCUT2D eigenvalue weighted by molar-refractivity contribution is -0.147. The SMILES string of the molecule is CC(=O)[C@H]1[C@H](C(=O)O)C[C@H]2[C@@H]3CC=C4C[C@@H](O)CC[C@]4(C)[C@H]3CC[C@@]21C. The van der Waals surface area contributed by atoms with E-state index in [9.17, 15) is 19.8 Å². The van der Waals surface area contributed by atoms with Crippen molar-refractivity contribution >= 4 is 11.8 Å². The predicted molar refractivity (Wildman–Crippen MR) is 98.4 cm³/mol. The van der Waals surface area contributed by atoms with Gasteiger partial charge in [0.15, 0.2) is 0 Å². The normalized spacial score (nSPS) is 50.2. The van der Waals surface area contributed by atoms with E-state index >= 15 is 0 Å². The summed E-state index contributed by atoms with van der Waals surface area (Å²) in [6, 6.07) is 0. The third-order valence-corrected chi connectivity index (χ3v) is 8.89. The Morgan fingerprint density at radius 3 is 2.54 bits per heavy atom. The zero-order valence-electron chi connectivity index (χ0n) is 16.2. The van der Waals surface area contributed by atoms with Crippen LogP contribution >= 0.6 is 0 Å². The van der Waals surface area contributed by atoms with Gasteiger partial charge >= 0.3 is 5.97 Å². The standard InChI is InChI=1S/C22H32O4/c1-12(23)19-16(20(25)26)11-18-15-5-4-13-10-14(24)6-8-21(13,2)17(15)7-9-22(18,19)3/h4,14-19,24H,5-11H2,1-3H3,(H,25,26)/t14-,15+,16+,17-,18-,19-,21-,22-/m0/s1. The van der Waals surface area contributed by atoms with E-state index in [1.807, 2.05) is 0 Å². The van der Waals surface area contributed by atoms with Crippen molar-refractivity contribution in [1.82, 2.24) is 0 Å². The number of hydrogen-bond acceptors (Lipinski definition) is 3. The van der Waals surface area contributed by atoms with Crippen LogP contribution in [-0.2, 0) is 9.59 Å². The summed E-state index contributed by atoms with van der Waals surface area (Å²) in [5.41, 5.74) is 1.40.